The molecular formula is C20H39N5O5. The highest BCUT2D eigenvalue weighted by atomic mass is 16.4. The highest BCUT2D eigenvalue weighted by molar-refractivity contribution is 5.94. The van der Waals surface area contributed by atoms with E-state index in [0.717, 1.165) is 6.42 Å². The molecule has 0 radical (unpaired) electrons. The Morgan fingerprint density at radius 3 is 1.90 bits per heavy atom. The van der Waals surface area contributed by atoms with Crippen LogP contribution in [0.3, 0.4) is 0 Å². The first-order valence-corrected chi connectivity index (χ1v) is 10.6. The number of nitrogens with one attached hydrogen (secondary N) is 3. The van der Waals surface area contributed by atoms with Crippen LogP contribution in [-0.4, -0.2) is 59.5 Å². The summed E-state index contributed by atoms with van der Waals surface area (Å²) in [5, 5.41) is 16.9. The molecular weight excluding hydrogens is 390 g/mol. The van der Waals surface area contributed by atoms with Gasteiger partial charge in [0.2, 0.25) is 17.7 Å². The molecule has 0 fully saturated rings. The molecule has 174 valence electrons. The van der Waals surface area contributed by atoms with Crippen LogP contribution in [0.4, 0.5) is 0 Å². The van der Waals surface area contributed by atoms with Crippen molar-refractivity contribution in [3.8, 4) is 0 Å². The summed E-state index contributed by atoms with van der Waals surface area (Å²) in [5.41, 5.74) is 11.3. The van der Waals surface area contributed by atoms with Crippen LogP contribution in [0.25, 0.3) is 0 Å². The molecule has 30 heavy (non-hydrogen) atoms. The average molecular weight is 430 g/mol. The second kappa shape index (κ2) is 13.9. The minimum Gasteiger partial charge on any atom is -0.480 e. The predicted octanol–water partition coefficient (Wildman–Crippen LogP) is -0.296. The summed E-state index contributed by atoms with van der Waals surface area (Å²) < 4.78 is 0. The molecule has 0 aromatic heterocycles. The summed E-state index contributed by atoms with van der Waals surface area (Å²) in [5.74, 6) is -3.23. The lowest BCUT2D eigenvalue weighted by Crippen LogP contribution is -2.58. The van der Waals surface area contributed by atoms with Crippen LogP contribution in [0.2, 0.25) is 0 Å². The average Bonchev–Trinajstić information content (AvgIpc) is 2.68. The van der Waals surface area contributed by atoms with Crippen LogP contribution >= 0.6 is 0 Å². The third-order valence-electron chi connectivity index (χ3n) is 5.08. The Balaban J connectivity index is 4.95. The molecule has 0 bridgehead atoms. The molecule has 3 amide bonds. The Kier molecular flexibility index (Phi) is 12.9. The Morgan fingerprint density at radius 2 is 1.43 bits per heavy atom. The fourth-order valence-corrected chi connectivity index (χ4v) is 2.77. The molecule has 5 unspecified atom stereocenters. The number of nitrogens with two attached hydrogens (primary N) is 2. The molecule has 5 atom stereocenters. The van der Waals surface area contributed by atoms with E-state index in [1.54, 1.807) is 20.8 Å². The molecule has 0 aliphatic rings. The maximum atomic E-state index is 12.6. The van der Waals surface area contributed by atoms with Gasteiger partial charge in [-0.3, -0.25) is 14.4 Å². The van der Waals surface area contributed by atoms with Gasteiger partial charge in [-0.15, -0.1) is 0 Å². The zero-order valence-corrected chi connectivity index (χ0v) is 18.7. The smallest absolute Gasteiger partial charge is 0.326 e. The molecule has 0 aliphatic carbocycles. The molecule has 10 heteroatoms. The molecule has 0 saturated heterocycles. The van der Waals surface area contributed by atoms with E-state index >= 15 is 0 Å². The number of hydrogen-bond acceptors (Lipinski definition) is 6. The van der Waals surface area contributed by atoms with Crippen molar-refractivity contribution in [2.75, 3.05) is 6.54 Å². The summed E-state index contributed by atoms with van der Waals surface area (Å²) in [6, 6.07) is -3.65. The maximum absolute atomic E-state index is 12.6. The standard InChI is InChI=1S/C20H39N5O5/c1-6-12(4)16(20(29)30)25-17(26)13(5)23-19(28)15(11(2)3)24-18(27)14(22)9-7-8-10-21/h11-16H,6-10,21-22H2,1-5H3,(H,23,28)(H,24,27)(H,25,26)(H,29,30). The SMILES string of the molecule is CCC(C)C(NC(=O)C(C)NC(=O)C(NC(=O)C(N)CCCCN)C(C)C)C(=O)O. The first-order chi connectivity index (χ1) is 14.0. The summed E-state index contributed by atoms with van der Waals surface area (Å²) in [7, 11) is 0. The van der Waals surface area contributed by atoms with Crippen LogP contribution in [-0.2, 0) is 19.2 Å². The number of aliphatic carboxylic acids is 1. The Morgan fingerprint density at radius 1 is 0.867 bits per heavy atom. The van der Waals surface area contributed by atoms with Gasteiger partial charge in [-0.05, 0) is 38.1 Å². The summed E-state index contributed by atoms with van der Waals surface area (Å²) >= 11 is 0. The summed E-state index contributed by atoms with van der Waals surface area (Å²) in [6.45, 7) is 9.06. The largest absolute Gasteiger partial charge is 0.480 e. The highest BCUT2D eigenvalue weighted by Crippen LogP contribution is 2.09. The number of carbonyl (C=O) groups excluding carboxylic acids is 3. The number of unbranched alkanes of at least 4 members (excludes halogenated alkanes) is 1. The first kappa shape index (κ1) is 27.8. The third-order valence-corrected chi connectivity index (χ3v) is 5.08. The Hall–Kier alpha value is -2.20. The fraction of sp³-hybridized carbons (Fsp3) is 0.800. The molecule has 8 N–H and O–H groups in total. The molecule has 0 spiro atoms. The van der Waals surface area contributed by atoms with E-state index in [1.165, 1.54) is 6.92 Å². The van der Waals surface area contributed by atoms with Crippen LogP contribution in [0.5, 0.6) is 0 Å². The molecule has 0 rings (SSSR count). The third kappa shape index (κ3) is 9.53. The Labute approximate surface area is 178 Å². The van der Waals surface area contributed by atoms with Crippen molar-refractivity contribution in [3.63, 3.8) is 0 Å². The number of hydrogen-bond donors (Lipinski definition) is 6. The van der Waals surface area contributed by atoms with Gasteiger partial charge < -0.3 is 32.5 Å². The van der Waals surface area contributed by atoms with Crippen molar-refractivity contribution in [1.29, 1.82) is 0 Å². The van der Waals surface area contributed by atoms with Gasteiger partial charge in [0.15, 0.2) is 0 Å². The van der Waals surface area contributed by atoms with Crippen molar-refractivity contribution in [1.82, 2.24) is 16.0 Å². The zero-order valence-electron chi connectivity index (χ0n) is 18.7. The molecule has 0 heterocycles. The van der Waals surface area contributed by atoms with Crippen molar-refractivity contribution >= 4 is 23.7 Å². The first-order valence-electron chi connectivity index (χ1n) is 10.6. The van der Waals surface area contributed by atoms with Crippen LogP contribution in [0, 0.1) is 11.8 Å². The minimum absolute atomic E-state index is 0.243. The van der Waals surface area contributed by atoms with E-state index in [2.05, 4.69) is 16.0 Å². The lowest BCUT2D eigenvalue weighted by atomic mass is 9.99. The van der Waals surface area contributed by atoms with Crippen molar-refractivity contribution in [2.45, 2.75) is 84.5 Å². The van der Waals surface area contributed by atoms with E-state index in [0.29, 0.717) is 25.8 Å². The number of carbonyl (C=O) groups is 4. The van der Waals surface area contributed by atoms with E-state index < -0.39 is 47.9 Å². The number of carboxylic acids is 1. The van der Waals surface area contributed by atoms with Crippen LogP contribution in [0.15, 0.2) is 0 Å². The topological polar surface area (TPSA) is 177 Å². The quantitative estimate of drug-likeness (QED) is 0.205. The van der Waals surface area contributed by atoms with Gasteiger partial charge in [-0.1, -0.05) is 40.5 Å². The molecule has 0 aromatic rings. The van der Waals surface area contributed by atoms with Crippen LogP contribution in [0.1, 0.15) is 60.3 Å². The van der Waals surface area contributed by atoms with Gasteiger partial charge >= 0.3 is 5.97 Å². The van der Waals surface area contributed by atoms with Gasteiger partial charge in [0, 0.05) is 0 Å². The lowest BCUT2D eigenvalue weighted by Gasteiger charge is -2.26. The normalized spacial score (nSPS) is 16.1. The number of carboxylic acid groups (broad SMARTS) is 1. The highest BCUT2D eigenvalue weighted by Gasteiger charge is 2.31. The van der Waals surface area contributed by atoms with Gasteiger partial charge in [-0.2, -0.15) is 0 Å². The van der Waals surface area contributed by atoms with Crippen LogP contribution < -0.4 is 27.4 Å². The van der Waals surface area contributed by atoms with Gasteiger partial charge in [0.25, 0.3) is 0 Å². The zero-order chi connectivity index (χ0) is 23.4. The van der Waals surface area contributed by atoms with Crippen molar-refractivity contribution in [2.24, 2.45) is 23.3 Å². The van der Waals surface area contributed by atoms with E-state index in [-0.39, 0.29) is 11.8 Å². The second-order valence-electron chi connectivity index (χ2n) is 8.06. The molecule has 0 saturated carbocycles. The van der Waals surface area contributed by atoms with E-state index in [9.17, 15) is 24.3 Å². The molecule has 0 aliphatic heterocycles. The lowest BCUT2D eigenvalue weighted by molar-refractivity contribution is -0.143. The summed E-state index contributed by atoms with van der Waals surface area (Å²) in [4.78, 5) is 48.7. The monoisotopic (exact) mass is 429 g/mol. The summed E-state index contributed by atoms with van der Waals surface area (Å²) in [6.07, 6.45) is 2.50. The molecule has 0 aromatic carbocycles. The van der Waals surface area contributed by atoms with Crippen molar-refractivity contribution in [3.05, 3.63) is 0 Å². The molecule has 10 nitrogen and oxygen atoms in total. The van der Waals surface area contributed by atoms with Crippen molar-refractivity contribution < 1.29 is 24.3 Å². The number of rotatable bonds is 14. The predicted molar refractivity (Wildman–Crippen MR) is 114 cm³/mol. The number of amides is 3. The Bertz CT molecular complexity index is 584. The minimum atomic E-state index is -1.13. The van der Waals surface area contributed by atoms with E-state index in [4.69, 9.17) is 11.5 Å². The van der Waals surface area contributed by atoms with Gasteiger partial charge in [-0.25, -0.2) is 4.79 Å². The fourth-order valence-electron chi connectivity index (χ4n) is 2.77. The second-order valence-corrected chi connectivity index (χ2v) is 8.06. The van der Waals surface area contributed by atoms with Gasteiger partial charge in [0.05, 0.1) is 6.04 Å². The van der Waals surface area contributed by atoms with E-state index in [1.807, 2.05) is 6.92 Å². The van der Waals surface area contributed by atoms with Gasteiger partial charge in [0.1, 0.15) is 18.1 Å². The maximum Gasteiger partial charge on any atom is 0.326 e.